The summed E-state index contributed by atoms with van der Waals surface area (Å²) >= 11 is 3.27. The van der Waals surface area contributed by atoms with Crippen LogP contribution in [0.1, 0.15) is 20.8 Å². The number of piperazine rings is 1. The van der Waals surface area contributed by atoms with Crippen LogP contribution in [-0.2, 0) is 19.6 Å². The van der Waals surface area contributed by atoms with E-state index in [9.17, 15) is 18.0 Å². The van der Waals surface area contributed by atoms with Crippen LogP contribution in [0.5, 0.6) is 0 Å². The quantitative estimate of drug-likeness (QED) is 0.720. The summed E-state index contributed by atoms with van der Waals surface area (Å²) in [6, 6.07) is 6.29. The van der Waals surface area contributed by atoms with Crippen molar-refractivity contribution in [3.8, 4) is 0 Å². The number of rotatable bonds is 5. The van der Waals surface area contributed by atoms with Crippen molar-refractivity contribution in [3.63, 3.8) is 0 Å². The highest BCUT2D eigenvalue weighted by Gasteiger charge is 2.32. The van der Waals surface area contributed by atoms with E-state index < -0.39 is 21.7 Å². The average Bonchev–Trinajstić information content (AvgIpc) is 2.55. The normalized spacial score (nSPS) is 16.3. The molecule has 0 bridgehead atoms. The van der Waals surface area contributed by atoms with Gasteiger partial charge >= 0.3 is 6.09 Å². The van der Waals surface area contributed by atoms with Crippen LogP contribution in [0.2, 0.25) is 0 Å². The molecule has 0 unspecified atom stereocenters. The molecule has 1 N–H and O–H groups in total. The summed E-state index contributed by atoms with van der Waals surface area (Å²) < 4.78 is 32.4. The van der Waals surface area contributed by atoms with Crippen molar-refractivity contribution in [1.82, 2.24) is 14.5 Å². The number of halogens is 1. The number of hydrogen-bond acceptors (Lipinski definition) is 5. The van der Waals surface area contributed by atoms with Crippen molar-refractivity contribution in [2.75, 3.05) is 32.7 Å². The fourth-order valence-electron chi connectivity index (χ4n) is 2.49. The molecule has 1 fully saturated rings. The number of hydrogen-bond donors (Lipinski definition) is 1. The first-order valence-corrected chi connectivity index (χ1v) is 10.7. The molecule has 1 saturated heterocycles. The second-order valence-electron chi connectivity index (χ2n) is 7.10. The number of nitrogens with one attached hydrogen (secondary N) is 1. The lowest BCUT2D eigenvalue weighted by Crippen LogP contribution is -2.53. The Morgan fingerprint density at radius 1 is 1.22 bits per heavy atom. The molecule has 10 heteroatoms. The molecule has 0 radical (unpaired) electrons. The molecule has 0 spiro atoms. The van der Waals surface area contributed by atoms with E-state index in [1.807, 2.05) is 0 Å². The van der Waals surface area contributed by atoms with Gasteiger partial charge in [0, 0.05) is 30.7 Å². The Morgan fingerprint density at radius 3 is 2.41 bits per heavy atom. The van der Waals surface area contributed by atoms with Crippen molar-refractivity contribution in [2.24, 2.45) is 0 Å². The molecule has 1 aliphatic heterocycles. The van der Waals surface area contributed by atoms with Crippen LogP contribution in [0.25, 0.3) is 0 Å². The minimum atomic E-state index is -3.71. The molecule has 8 nitrogen and oxygen atoms in total. The van der Waals surface area contributed by atoms with Crippen LogP contribution < -0.4 is 5.32 Å². The average molecular weight is 462 g/mol. The Morgan fingerprint density at radius 2 is 1.85 bits per heavy atom. The molecule has 2 rings (SSSR count). The third-order valence-electron chi connectivity index (χ3n) is 3.78. The second kappa shape index (κ2) is 8.57. The van der Waals surface area contributed by atoms with Crippen LogP contribution in [0, 0.1) is 0 Å². The van der Waals surface area contributed by atoms with E-state index in [1.54, 1.807) is 32.9 Å². The fourth-order valence-corrected chi connectivity index (χ4v) is 4.14. The molecule has 0 aromatic heterocycles. The largest absolute Gasteiger partial charge is 0.444 e. The Bertz CT molecular complexity index is 790. The standard InChI is InChI=1S/C17H24BrN3O5S/c1-17(2,3)26-16(23)19-8-9-20-10-11-21(12-15(20)22)27(24,25)14-6-4-13(18)5-7-14/h4-7H,8-12H2,1-3H3,(H,19,23). The second-order valence-corrected chi connectivity index (χ2v) is 9.96. The Kier molecular flexibility index (Phi) is 6.87. The number of sulfonamides is 1. The minimum absolute atomic E-state index is 0.151. The van der Waals surface area contributed by atoms with Crippen LogP contribution in [0.3, 0.4) is 0 Å². The van der Waals surface area contributed by atoms with Gasteiger partial charge in [-0.25, -0.2) is 13.2 Å². The lowest BCUT2D eigenvalue weighted by Gasteiger charge is -2.33. The number of alkyl carbamates (subject to hydrolysis) is 1. The molecule has 150 valence electrons. The maximum Gasteiger partial charge on any atom is 0.407 e. The molecule has 0 aliphatic carbocycles. The lowest BCUT2D eigenvalue weighted by atomic mass is 10.2. The third-order valence-corrected chi connectivity index (χ3v) is 6.17. The van der Waals surface area contributed by atoms with Gasteiger partial charge in [0.1, 0.15) is 5.60 Å². The van der Waals surface area contributed by atoms with Crippen molar-refractivity contribution in [1.29, 1.82) is 0 Å². The molecular weight excluding hydrogens is 438 g/mol. The van der Waals surface area contributed by atoms with Gasteiger partial charge < -0.3 is 15.0 Å². The van der Waals surface area contributed by atoms with Gasteiger partial charge in [-0.3, -0.25) is 4.79 Å². The van der Waals surface area contributed by atoms with E-state index >= 15 is 0 Å². The highest BCUT2D eigenvalue weighted by molar-refractivity contribution is 9.10. The number of carbonyl (C=O) groups is 2. The van der Waals surface area contributed by atoms with Gasteiger partial charge in [0.25, 0.3) is 0 Å². The number of ether oxygens (including phenoxy) is 1. The topological polar surface area (TPSA) is 96.0 Å². The molecule has 0 atom stereocenters. The van der Waals surface area contributed by atoms with Crippen LogP contribution in [0.4, 0.5) is 4.79 Å². The van der Waals surface area contributed by atoms with E-state index in [2.05, 4.69) is 21.2 Å². The van der Waals surface area contributed by atoms with Gasteiger partial charge in [-0.15, -0.1) is 0 Å². The fraction of sp³-hybridized carbons (Fsp3) is 0.529. The number of carbonyl (C=O) groups excluding carboxylic acids is 2. The van der Waals surface area contributed by atoms with Crippen LogP contribution >= 0.6 is 15.9 Å². The molecule has 1 aliphatic rings. The first kappa shape index (κ1) is 21.6. The van der Waals surface area contributed by atoms with Gasteiger partial charge in [-0.1, -0.05) is 15.9 Å². The molecule has 1 aromatic rings. The van der Waals surface area contributed by atoms with E-state index in [-0.39, 0.29) is 37.0 Å². The SMILES string of the molecule is CC(C)(C)OC(=O)NCCN1CCN(S(=O)(=O)c2ccc(Br)cc2)CC1=O. The molecule has 1 aromatic carbocycles. The molecule has 27 heavy (non-hydrogen) atoms. The van der Waals surface area contributed by atoms with E-state index in [0.29, 0.717) is 6.54 Å². The van der Waals surface area contributed by atoms with E-state index in [1.165, 1.54) is 21.3 Å². The summed E-state index contributed by atoms with van der Waals surface area (Å²) in [5.74, 6) is -0.298. The summed E-state index contributed by atoms with van der Waals surface area (Å²) in [5.41, 5.74) is -0.590. The molecular formula is C17H24BrN3O5S. The monoisotopic (exact) mass is 461 g/mol. The van der Waals surface area contributed by atoms with Crippen molar-refractivity contribution >= 4 is 38.0 Å². The van der Waals surface area contributed by atoms with Crippen molar-refractivity contribution in [2.45, 2.75) is 31.3 Å². The minimum Gasteiger partial charge on any atom is -0.444 e. The van der Waals surface area contributed by atoms with Crippen molar-refractivity contribution < 1.29 is 22.7 Å². The van der Waals surface area contributed by atoms with Crippen molar-refractivity contribution in [3.05, 3.63) is 28.7 Å². The molecule has 1 heterocycles. The summed E-state index contributed by atoms with van der Waals surface area (Å²) in [7, 11) is -3.71. The molecule has 2 amide bonds. The summed E-state index contributed by atoms with van der Waals surface area (Å²) in [5, 5.41) is 2.59. The Hall–Kier alpha value is -1.65. The highest BCUT2D eigenvalue weighted by Crippen LogP contribution is 2.20. The zero-order chi connectivity index (χ0) is 20.2. The number of amides is 2. The summed E-state index contributed by atoms with van der Waals surface area (Å²) in [6.45, 7) is 6.08. The van der Waals surface area contributed by atoms with Gasteiger partial charge in [-0.2, -0.15) is 4.31 Å². The number of nitrogens with zero attached hydrogens (tertiary/aromatic N) is 2. The predicted molar refractivity (Wildman–Crippen MR) is 104 cm³/mol. The molecule has 0 saturated carbocycles. The van der Waals surface area contributed by atoms with E-state index in [4.69, 9.17) is 4.74 Å². The summed E-state index contributed by atoms with van der Waals surface area (Å²) in [6.07, 6.45) is -0.550. The maximum absolute atomic E-state index is 12.7. The Balaban J connectivity index is 1.87. The van der Waals surface area contributed by atoms with Gasteiger partial charge in [-0.05, 0) is 45.0 Å². The van der Waals surface area contributed by atoms with Crippen LogP contribution in [-0.4, -0.2) is 67.9 Å². The zero-order valence-corrected chi connectivity index (χ0v) is 18.0. The zero-order valence-electron chi connectivity index (χ0n) is 15.6. The first-order chi connectivity index (χ1) is 12.5. The predicted octanol–water partition coefficient (Wildman–Crippen LogP) is 1.81. The maximum atomic E-state index is 12.7. The lowest BCUT2D eigenvalue weighted by molar-refractivity contribution is -0.134. The number of benzene rings is 1. The Labute approximate surface area is 168 Å². The van der Waals surface area contributed by atoms with Gasteiger partial charge in [0.2, 0.25) is 15.9 Å². The third kappa shape index (κ3) is 6.18. The summed E-state index contributed by atoms with van der Waals surface area (Å²) in [4.78, 5) is 25.6. The first-order valence-electron chi connectivity index (χ1n) is 8.49. The van der Waals surface area contributed by atoms with Gasteiger partial charge in [0.05, 0.1) is 11.4 Å². The highest BCUT2D eigenvalue weighted by atomic mass is 79.9. The van der Waals surface area contributed by atoms with Gasteiger partial charge in [0.15, 0.2) is 0 Å². The van der Waals surface area contributed by atoms with E-state index in [0.717, 1.165) is 4.47 Å². The smallest absolute Gasteiger partial charge is 0.407 e. The van der Waals surface area contributed by atoms with Crippen LogP contribution in [0.15, 0.2) is 33.6 Å².